The van der Waals surface area contributed by atoms with E-state index in [0.717, 1.165) is 24.3 Å². The first-order chi connectivity index (χ1) is 9.56. The third-order valence-corrected chi connectivity index (χ3v) is 7.86. The number of rotatable bonds is 0. The van der Waals surface area contributed by atoms with Crippen molar-refractivity contribution in [2.24, 2.45) is 28.6 Å². The molecule has 6 atom stereocenters. The van der Waals surface area contributed by atoms with Gasteiger partial charge in [-0.3, -0.25) is 4.79 Å². The van der Waals surface area contributed by atoms with E-state index in [1.807, 2.05) is 0 Å². The predicted octanol–water partition coefficient (Wildman–Crippen LogP) is 3.55. The number of hydrogen-bond donors (Lipinski definition) is 1. The molecule has 0 bridgehead atoms. The number of Topliss-reactive ketones (excluding diaryl/α,β-unsaturated/α-hetero) is 1. The van der Waals surface area contributed by atoms with Crippen molar-refractivity contribution in [3.05, 3.63) is 0 Å². The van der Waals surface area contributed by atoms with Crippen LogP contribution in [0.5, 0.6) is 0 Å². The number of fused-ring (bicyclic) bond motifs is 5. The first-order valence-corrected chi connectivity index (χ1v) is 8.82. The molecule has 0 aromatic heterocycles. The van der Waals surface area contributed by atoms with Crippen LogP contribution in [0.2, 0.25) is 0 Å². The van der Waals surface area contributed by atoms with Crippen LogP contribution in [-0.2, 0) is 4.79 Å². The van der Waals surface area contributed by atoms with Gasteiger partial charge in [-0.05, 0) is 74.7 Å². The zero-order valence-electron chi connectivity index (χ0n) is 13.1. The van der Waals surface area contributed by atoms with E-state index in [9.17, 15) is 4.79 Å². The summed E-state index contributed by atoms with van der Waals surface area (Å²) in [6.07, 6.45) is 9.98. The highest BCUT2D eigenvalue weighted by molar-refractivity contribution is 5.87. The van der Waals surface area contributed by atoms with Gasteiger partial charge in [-0.25, -0.2) is 0 Å². The minimum Gasteiger partial charge on any atom is -0.313 e. The molecule has 2 heteroatoms. The molecule has 1 heterocycles. The lowest BCUT2D eigenvalue weighted by molar-refractivity contribution is -0.135. The van der Waals surface area contributed by atoms with Crippen molar-refractivity contribution in [3.8, 4) is 0 Å². The highest BCUT2D eigenvalue weighted by Crippen LogP contribution is 2.62. The molecule has 3 aliphatic carbocycles. The number of nitrogens with one attached hydrogen (secondary N) is 1. The van der Waals surface area contributed by atoms with Crippen LogP contribution in [0.3, 0.4) is 0 Å². The van der Waals surface area contributed by atoms with Gasteiger partial charge in [0.2, 0.25) is 0 Å². The molecule has 1 aliphatic heterocycles. The Morgan fingerprint density at radius 1 is 1.05 bits per heavy atom. The van der Waals surface area contributed by atoms with Gasteiger partial charge in [-0.1, -0.05) is 13.8 Å². The fourth-order valence-electron chi connectivity index (χ4n) is 6.67. The zero-order valence-corrected chi connectivity index (χ0v) is 13.1. The average Bonchev–Trinajstić information content (AvgIpc) is 2.74. The Morgan fingerprint density at radius 2 is 1.90 bits per heavy atom. The summed E-state index contributed by atoms with van der Waals surface area (Å²) in [6, 6.07) is 0.749. The summed E-state index contributed by atoms with van der Waals surface area (Å²) in [6.45, 7) is 6.06. The number of hydrogen-bond acceptors (Lipinski definition) is 2. The summed E-state index contributed by atoms with van der Waals surface area (Å²) in [5.74, 6) is 2.99. The van der Waals surface area contributed by atoms with Gasteiger partial charge in [-0.2, -0.15) is 0 Å². The fourth-order valence-corrected chi connectivity index (χ4v) is 6.67. The molecular formula is C18H29NO. The second-order valence-corrected chi connectivity index (χ2v) is 8.49. The van der Waals surface area contributed by atoms with E-state index in [1.165, 1.54) is 51.5 Å². The Labute approximate surface area is 123 Å². The lowest BCUT2D eigenvalue weighted by Crippen LogP contribution is -2.59. The van der Waals surface area contributed by atoms with Gasteiger partial charge in [0.25, 0.3) is 0 Å². The molecule has 4 aliphatic rings. The maximum Gasteiger partial charge on any atom is 0.139 e. The van der Waals surface area contributed by atoms with Gasteiger partial charge in [0.15, 0.2) is 0 Å². The molecule has 0 aromatic rings. The molecular weight excluding hydrogens is 246 g/mol. The number of carbonyl (C=O) groups excluding carboxylic acids is 1. The Bertz CT molecular complexity index is 433. The van der Waals surface area contributed by atoms with E-state index in [4.69, 9.17) is 0 Å². The van der Waals surface area contributed by atoms with Crippen molar-refractivity contribution in [1.82, 2.24) is 5.32 Å². The van der Waals surface area contributed by atoms with Crippen LogP contribution in [0.1, 0.15) is 65.2 Å². The van der Waals surface area contributed by atoms with Crippen LogP contribution < -0.4 is 5.32 Å². The first-order valence-electron chi connectivity index (χ1n) is 8.82. The lowest BCUT2D eigenvalue weighted by atomic mass is 9.48. The normalized spacial score (nSPS) is 55.0. The molecule has 112 valence electrons. The summed E-state index contributed by atoms with van der Waals surface area (Å²) < 4.78 is 0. The first kappa shape index (κ1) is 13.3. The van der Waals surface area contributed by atoms with E-state index < -0.39 is 0 Å². The highest BCUT2D eigenvalue weighted by atomic mass is 16.1. The van der Waals surface area contributed by atoms with E-state index in [2.05, 4.69) is 19.2 Å². The monoisotopic (exact) mass is 275 g/mol. The topological polar surface area (TPSA) is 29.1 Å². The second-order valence-electron chi connectivity index (χ2n) is 8.49. The molecule has 20 heavy (non-hydrogen) atoms. The van der Waals surface area contributed by atoms with Crippen molar-refractivity contribution in [1.29, 1.82) is 0 Å². The van der Waals surface area contributed by atoms with Crippen LogP contribution in [0.25, 0.3) is 0 Å². The van der Waals surface area contributed by atoms with Crippen LogP contribution in [0.15, 0.2) is 0 Å². The quantitative estimate of drug-likeness (QED) is 0.732. The SMILES string of the molecule is CC12CCC3C(CCC4NCCCC43C)C1CCC2=O. The minimum atomic E-state index is 0.0481. The fraction of sp³-hybridized carbons (Fsp3) is 0.944. The van der Waals surface area contributed by atoms with E-state index >= 15 is 0 Å². The van der Waals surface area contributed by atoms with E-state index in [-0.39, 0.29) is 5.41 Å². The second kappa shape index (κ2) is 4.32. The van der Waals surface area contributed by atoms with Crippen LogP contribution in [0, 0.1) is 28.6 Å². The summed E-state index contributed by atoms with van der Waals surface area (Å²) in [5, 5.41) is 3.81. The minimum absolute atomic E-state index is 0.0481. The van der Waals surface area contributed by atoms with Gasteiger partial charge in [-0.15, -0.1) is 0 Å². The van der Waals surface area contributed by atoms with E-state index in [1.54, 1.807) is 0 Å². The Hall–Kier alpha value is -0.370. The maximum atomic E-state index is 12.4. The molecule has 4 rings (SSSR count). The number of ketones is 1. The number of piperidine rings is 1. The molecule has 0 radical (unpaired) electrons. The van der Waals surface area contributed by atoms with Crippen molar-refractivity contribution in [2.45, 2.75) is 71.3 Å². The molecule has 2 nitrogen and oxygen atoms in total. The van der Waals surface area contributed by atoms with Crippen molar-refractivity contribution in [3.63, 3.8) is 0 Å². The molecule has 6 unspecified atom stereocenters. The molecule has 1 N–H and O–H groups in total. The highest BCUT2D eigenvalue weighted by Gasteiger charge is 2.59. The smallest absolute Gasteiger partial charge is 0.139 e. The lowest BCUT2D eigenvalue weighted by Gasteiger charge is -2.59. The Kier molecular flexibility index (Phi) is 2.87. The van der Waals surface area contributed by atoms with Crippen LogP contribution >= 0.6 is 0 Å². The van der Waals surface area contributed by atoms with Gasteiger partial charge >= 0.3 is 0 Å². The summed E-state index contributed by atoms with van der Waals surface area (Å²) in [5.41, 5.74) is 0.556. The molecule has 0 amide bonds. The third kappa shape index (κ3) is 1.58. The van der Waals surface area contributed by atoms with Crippen LogP contribution in [0.4, 0.5) is 0 Å². The van der Waals surface area contributed by atoms with Crippen molar-refractivity contribution < 1.29 is 4.79 Å². The van der Waals surface area contributed by atoms with Crippen molar-refractivity contribution >= 4 is 5.78 Å². The van der Waals surface area contributed by atoms with Gasteiger partial charge in [0.1, 0.15) is 5.78 Å². The molecule has 1 saturated heterocycles. The van der Waals surface area contributed by atoms with Crippen LogP contribution in [-0.4, -0.2) is 18.4 Å². The summed E-state index contributed by atoms with van der Waals surface area (Å²) >= 11 is 0. The predicted molar refractivity (Wildman–Crippen MR) is 80.4 cm³/mol. The summed E-state index contributed by atoms with van der Waals surface area (Å²) in [4.78, 5) is 12.4. The molecule has 3 saturated carbocycles. The molecule has 0 aromatic carbocycles. The standard InChI is InChI=1S/C18H29NO/c1-17-9-3-11-19-15(17)6-4-12-13-5-7-16(20)18(13,2)10-8-14(12)17/h12-15,19H,3-11H2,1-2H3. The largest absolute Gasteiger partial charge is 0.313 e. The molecule has 0 spiro atoms. The summed E-state index contributed by atoms with van der Waals surface area (Å²) in [7, 11) is 0. The van der Waals surface area contributed by atoms with Gasteiger partial charge in [0.05, 0.1) is 0 Å². The number of carbonyl (C=O) groups is 1. The van der Waals surface area contributed by atoms with E-state index in [0.29, 0.717) is 17.1 Å². The maximum absolute atomic E-state index is 12.4. The Balaban J connectivity index is 1.66. The molecule has 4 fully saturated rings. The third-order valence-electron chi connectivity index (χ3n) is 7.86. The Morgan fingerprint density at radius 3 is 2.75 bits per heavy atom. The average molecular weight is 275 g/mol. The van der Waals surface area contributed by atoms with Gasteiger partial charge in [0, 0.05) is 17.9 Å². The van der Waals surface area contributed by atoms with Gasteiger partial charge < -0.3 is 5.32 Å². The van der Waals surface area contributed by atoms with Crippen molar-refractivity contribution in [2.75, 3.05) is 6.54 Å². The zero-order chi connectivity index (χ0) is 14.0.